The van der Waals surface area contributed by atoms with E-state index in [0.717, 1.165) is 6.08 Å². The van der Waals surface area contributed by atoms with E-state index < -0.39 is 11.7 Å². The molecular weight excluding hydrogens is 148 g/mol. The zero-order valence-corrected chi connectivity index (χ0v) is 6.35. The normalized spacial score (nSPS) is 15.6. The van der Waals surface area contributed by atoms with Gasteiger partial charge in [0.05, 0.1) is 0 Å². The van der Waals surface area contributed by atoms with Crippen LogP contribution >= 0.6 is 0 Å². The number of hydrogen-bond donors (Lipinski definition) is 1. The highest BCUT2D eigenvalue weighted by Crippen LogP contribution is 2.15. The third kappa shape index (κ3) is 3.68. The van der Waals surface area contributed by atoms with Crippen molar-refractivity contribution in [1.29, 1.82) is 0 Å². The number of hydrogen-bond acceptors (Lipinski definition) is 1. The lowest BCUT2D eigenvalue weighted by Crippen LogP contribution is -1.71. The number of rotatable bonds is 0. The van der Waals surface area contributed by atoms with Crippen LogP contribution in [0.3, 0.4) is 0 Å². The summed E-state index contributed by atoms with van der Waals surface area (Å²) in [5.74, 6) is -1.46. The van der Waals surface area contributed by atoms with Crippen molar-refractivity contribution in [2.45, 2.75) is 6.42 Å². The van der Waals surface area contributed by atoms with Crippen molar-refractivity contribution < 1.29 is 8.78 Å². The van der Waals surface area contributed by atoms with Gasteiger partial charge in [-0.15, -0.1) is 0 Å². The Bertz CT molecular complexity index is 192. The van der Waals surface area contributed by atoms with Crippen molar-refractivity contribution in [1.82, 2.24) is 0 Å². The third-order valence-electron chi connectivity index (χ3n) is 1.05. The maximum atomic E-state index is 12.2. The molecule has 1 rings (SSSR count). The van der Waals surface area contributed by atoms with Crippen LogP contribution in [-0.2, 0) is 0 Å². The van der Waals surface area contributed by atoms with E-state index >= 15 is 0 Å². The van der Waals surface area contributed by atoms with Gasteiger partial charge in [-0.3, -0.25) is 0 Å². The topological polar surface area (TPSA) is 26.0 Å². The smallest absolute Gasteiger partial charge is 0.154 e. The summed E-state index contributed by atoms with van der Waals surface area (Å²) in [6.07, 6.45) is 5.84. The molecule has 0 unspecified atom stereocenters. The van der Waals surface area contributed by atoms with Crippen LogP contribution in [-0.4, -0.2) is 7.05 Å². The quantitative estimate of drug-likeness (QED) is 0.576. The van der Waals surface area contributed by atoms with Crippen molar-refractivity contribution in [2.24, 2.45) is 5.73 Å². The minimum absolute atomic E-state index is 0.0683. The fourth-order valence-corrected chi connectivity index (χ4v) is 0.578. The lowest BCUT2D eigenvalue weighted by Gasteiger charge is -1.86. The molecule has 11 heavy (non-hydrogen) atoms. The molecular formula is C8H11F2N. The van der Waals surface area contributed by atoms with Crippen LogP contribution in [0.1, 0.15) is 6.42 Å². The van der Waals surface area contributed by atoms with E-state index in [1.54, 1.807) is 12.2 Å². The summed E-state index contributed by atoms with van der Waals surface area (Å²) in [6.45, 7) is 0. The van der Waals surface area contributed by atoms with Crippen molar-refractivity contribution in [3.05, 3.63) is 36.0 Å². The molecule has 0 amide bonds. The van der Waals surface area contributed by atoms with Crippen LogP contribution in [0.25, 0.3) is 0 Å². The first-order valence-corrected chi connectivity index (χ1v) is 3.26. The van der Waals surface area contributed by atoms with E-state index in [0.29, 0.717) is 0 Å². The summed E-state index contributed by atoms with van der Waals surface area (Å²) in [5, 5.41) is 0. The Morgan fingerprint density at radius 3 is 2.55 bits per heavy atom. The lowest BCUT2D eigenvalue weighted by atomic mass is 10.3. The van der Waals surface area contributed by atoms with Crippen molar-refractivity contribution >= 4 is 0 Å². The molecule has 0 aromatic rings. The summed E-state index contributed by atoms with van der Waals surface area (Å²) in [6, 6.07) is 0. The van der Waals surface area contributed by atoms with E-state index in [-0.39, 0.29) is 6.42 Å². The average molecular weight is 159 g/mol. The molecule has 1 nitrogen and oxygen atoms in total. The van der Waals surface area contributed by atoms with E-state index in [1.807, 2.05) is 0 Å². The molecule has 1 aliphatic rings. The molecule has 0 fully saturated rings. The second-order valence-electron chi connectivity index (χ2n) is 1.74. The molecule has 0 radical (unpaired) electrons. The first-order valence-electron chi connectivity index (χ1n) is 3.26. The van der Waals surface area contributed by atoms with Crippen LogP contribution in [0.2, 0.25) is 0 Å². The maximum absolute atomic E-state index is 12.2. The van der Waals surface area contributed by atoms with Gasteiger partial charge in [-0.25, -0.2) is 8.78 Å². The molecule has 3 heteroatoms. The van der Waals surface area contributed by atoms with Gasteiger partial charge in [-0.1, -0.05) is 18.2 Å². The molecule has 0 atom stereocenters. The van der Waals surface area contributed by atoms with E-state index in [2.05, 4.69) is 5.73 Å². The molecule has 0 aromatic carbocycles. The Hall–Kier alpha value is -0.960. The highest BCUT2D eigenvalue weighted by atomic mass is 19.2. The number of allylic oxidation sites excluding steroid dienone is 6. The molecule has 62 valence electrons. The predicted octanol–water partition coefficient (Wildman–Crippen LogP) is 2.23. The van der Waals surface area contributed by atoms with Crippen molar-refractivity contribution in [3.63, 3.8) is 0 Å². The van der Waals surface area contributed by atoms with Gasteiger partial charge in [0.1, 0.15) is 5.83 Å². The van der Waals surface area contributed by atoms with Gasteiger partial charge in [0.2, 0.25) is 0 Å². The number of halogens is 2. The molecule has 0 aromatic heterocycles. The molecule has 0 spiro atoms. The molecule has 0 saturated carbocycles. The van der Waals surface area contributed by atoms with Crippen LogP contribution in [0.4, 0.5) is 8.78 Å². The van der Waals surface area contributed by atoms with Crippen LogP contribution in [0.15, 0.2) is 36.0 Å². The van der Waals surface area contributed by atoms with Crippen molar-refractivity contribution in [3.8, 4) is 0 Å². The fourth-order valence-electron chi connectivity index (χ4n) is 0.578. The monoisotopic (exact) mass is 159 g/mol. The zero-order chi connectivity index (χ0) is 8.69. The summed E-state index contributed by atoms with van der Waals surface area (Å²) >= 11 is 0. The first kappa shape index (κ1) is 10.0. The fraction of sp³-hybridized carbons (Fsp3) is 0.250. The maximum Gasteiger partial charge on any atom is 0.154 e. The first-order chi connectivity index (χ1) is 5.30. The van der Waals surface area contributed by atoms with Gasteiger partial charge in [0.15, 0.2) is 5.83 Å². The van der Waals surface area contributed by atoms with Crippen LogP contribution in [0.5, 0.6) is 0 Å². The molecule has 0 heterocycles. The summed E-state index contributed by atoms with van der Waals surface area (Å²) in [4.78, 5) is 0. The van der Waals surface area contributed by atoms with Crippen LogP contribution in [0, 0.1) is 0 Å². The summed E-state index contributed by atoms with van der Waals surface area (Å²) < 4.78 is 24.5. The highest BCUT2D eigenvalue weighted by Gasteiger charge is 2.00. The molecule has 0 saturated heterocycles. The zero-order valence-electron chi connectivity index (χ0n) is 6.35. The largest absolute Gasteiger partial charge is 0.333 e. The standard InChI is InChI=1S/C7H6F2.CH5N/c8-6-4-2-1-3-5-7(6)9;1-2/h1-4H,5H2;2H2,1H3. The second kappa shape index (κ2) is 5.80. The van der Waals surface area contributed by atoms with Gasteiger partial charge < -0.3 is 5.73 Å². The summed E-state index contributed by atoms with van der Waals surface area (Å²) in [5.41, 5.74) is 4.50. The molecule has 0 aliphatic heterocycles. The highest BCUT2D eigenvalue weighted by molar-refractivity contribution is 5.24. The van der Waals surface area contributed by atoms with Crippen molar-refractivity contribution in [2.75, 3.05) is 7.05 Å². The molecule has 2 N–H and O–H groups in total. The van der Waals surface area contributed by atoms with Gasteiger partial charge in [0.25, 0.3) is 0 Å². The third-order valence-corrected chi connectivity index (χ3v) is 1.05. The van der Waals surface area contributed by atoms with Gasteiger partial charge in [-0.2, -0.15) is 0 Å². The Morgan fingerprint density at radius 1 is 1.27 bits per heavy atom. The van der Waals surface area contributed by atoms with Gasteiger partial charge in [0, 0.05) is 6.42 Å². The SMILES string of the molecule is CN.FC1=C(F)CC=CC=C1. The Balaban J connectivity index is 0.000000461. The molecule has 0 bridgehead atoms. The van der Waals surface area contributed by atoms with Gasteiger partial charge in [-0.05, 0) is 13.1 Å². The minimum atomic E-state index is -0.764. The second-order valence-corrected chi connectivity index (χ2v) is 1.74. The summed E-state index contributed by atoms with van der Waals surface area (Å²) in [7, 11) is 1.50. The average Bonchev–Trinajstić information content (AvgIpc) is 2.22. The van der Waals surface area contributed by atoms with E-state index in [9.17, 15) is 8.78 Å². The van der Waals surface area contributed by atoms with E-state index in [1.165, 1.54) is 13.1 Å². The van der Waals surface area contributed by atoms with E-state index in [4.69, 9.17) is 0 Å². The molecule has 1 aliphatic carbocycles. The lowest BCUT2D eigenvalue weighted by molar-refractivity contribution is 0.542. The van der Waals surface area contributed by atoms with Crippen LogP contribution < -0.4 is 5.73 Å². The Labute approximate surface area is 64.9 Å². The Morgan fingerprint density at radius 2 is 1.91 bits per heavy atom. The minimum Gasteiger partial charge on any atom is -0.333 e. The Kier molecular flexibility index (Phi) is 5.29. The number of nitrogens with two attached hydrogens (primary N) is 1. The predicted molar refractivity (Wildman–Crippen MR) is 42.3 cm³/mol. The van der Waals surface area contributed by atoms with Gasteiger partial charge >= 0.3 is 0 Å².